The van der Waals surface area contributed by atoms with Gasteiger partial charge < -0.3 is 10.6 Å². The van der Waals surface area contributed by atoms with E-state index in [1.54, 1.807) is 17.1 Å². The number of hydrogen-bond acceptors (Lipinski definition) is 3. The minimum atomic E-state index is 0.576. The normalized spacial score (nSPS) is 10.4. The van der Waals surface area contributed by atoms with Crippen LogP contribution in [0, 0.1) is 6.92 Å². The summed E-state index contributed by atoms with van der Waals surface area (Å²) in [6, 6.07) is 1.95. The van der Waals surface area contributed by atoms with E-state index in [9.17, 15) is 0 Å². The lowest BCUT2D eigenvalue weighted by Crippen LogP contribution is -2.28. The Kier molecular flexibility index (Phi) is 3.61. The summed E-state index contributed by atoms with van der Waals surface area (Å²) in [6.07, 6.45) is 3.52. The fourth-order valence-corrected chi connectivity index (χ4v) is 1.72. The van der Waals surface area contributed by atoms with Crippen LogP contribution in [0.1, 0.15) is 11.4 Å². The highest BCUT2D eigenvalue weighted by Gasteiger charge is 2.05. The number of nitrogens with zero attached hydrogens (tertiary/aromatic N) is 4. The van der Waals surface area contributed by atoms with Gasteiger partial charge in [0, 0.05) is 20.3 Å². The molecule has 0 aliphatic carbocycles. The van der Waals surface area contributed by atoms with Gasteiger partial charge in [0.05, 0.1) is 29.8 Å². The highest BCUT2D eigenvalue weighted by atomic mass is 32.1. The molecule has 2 aromatic heterocycles. The molecule has 2 N–H and O–H groups in total. The quantitative estimate of drug-likeness (QED) is 0.808. The standard InChI is InChI=1S/C11H16N6S/c1-8-10(7-14-16(8)2)15-11(18)12-6-9-4-5-13-17(9)3/h4-5,7H,6H2,1-3H3,(H2,12,15,18). The van der Waals surface area contributed by atoms with Gasteiger partial charge in [0.25, 0.3) is 0 Å². The fraction of sp³-hybridized carbons (Fsp3) is 0.364. The van der Waals surface area contributed by atoms with Crippen LogP contribution in [-0.4, -0.2) is 24.7 Å². The molecule has 0 atom stereocenters. The van der Waals surface area contributed by atoms with Gasteiger partial charge in [0.2, 0.25) is 0 Å². The molecule has 0 bridgehead atoms. The van der Waals surface area contributed by atoms with Gasteiger partial charge >= 0.3 is 0 Å². The van der Waals surface area contributed by atoms with Crippen LogP contribution in [0.15, 0.2) is 18.5 Å². The molecule has 0 aromatic carbocycles. The van der Waals surface area contributed by atoms with E-state index >= 15 is 0 Å². The number of thiocarbonyl (C=S) groups is 1. The Labute approximate surface area is 111 Å². The molecule has 2 heterocycles. The van der Waals surface area contributed by atoms with E-state index < -0.39 is 0 Å². The summed E-state index contributed by atoms with van der Waals surface area (Å²) in [6.45, 7) is 2.63. The second-order valence-corrected chi connectivity index (χ2v) is 4.43. The maximum atomic E-state index is 5.23. The summed E-state index contributed by atoms with van der Waals surface area (Å²) < 4.78 is 3.61. The predicted molar refractivity (Wildman–Crippen MR) is 74.2 cm³/mol. The zero-order valence-corrected chi connectivity index (χ0v) is 11.5. The third-order valence-corrected chi connectivity index (χ3v) is 3.08. The van der Waals surface area contributed by atoms with Crippen molar-refractivity contribution in [1.82, 2.24) is 24.9 Å². The topological polar surface area (TPSA) is 59.7 Å². The second kappa shape index (κ2) is 5.18. The number of hydrogen-bond donors (Lipinski definition) is 2. The molecule has 0 radical (unpaired) electrons. The number of nitrogens with one attached hydrogen (secondary N) is 2. The Morgan fingerprint density at radius 1 is 1.33 bits per heavy atom. The van der Waals surface area contributed by atoms with Crippen molar-refractivity contribution in [3.63, 3.8) is 0 Å². The largest absolute Gasteiger partial charge is 0.357 e. The smallest absolute Gasteiger partial charge is 0.171 e. The molecule has 96 valence electrons. The van der Waals surface area contributed by atoms with Gasteiger partial charge in [0.15, 0.2) is 5.11 Å². The minimum absolute atomic E-state index is 0.576. The average Bonchev–Trinajstić information content (AvgIpc) is 2.88. The summed E-state index contributed by atoms with van der Waals surface area (Å²) in [4.78, 5) is 0. The number of aromatic nitrogens is 4. The highest BCUT2D eigenvalue weighted by Crippen LogP contribution is 2.11. The molecule has 0 fully saturated rings. The van der Waals surface area contributed by atoms with Crippen LogP contribution in [0.2, 0.25) is 0 Å². The van der Waals surface area contributed by atoms with Crippen molar-refractivity contribution in [2.24, 2.45) is 14.1 Å². The molecular formula is C11H16N6S. The monoisotopic (exact) mass is 264 g/mol. The van der Waals surface area contributed by atoms with E-state index in [2.05, 4.69) is 20.8 Å². The van der Waals surface area contributed by atoms with Crippen molar-refractivity contribution in [2.75, 3.05) is 5.32 Å². The zero-order chi connectivity index (χ0) is 13.1. The summed E-state index contributed by atoms with van der Waals surface area (Å²) in [5.74, 6) is 0. The maximum Gasteiger partial charge on any atom is 0.171 e. The lowest BCUT2D eigenvalue weighted by Gasteiger charge is -2.10. The van der Waals surface area contributed by atoms with Crippen molar-refractivity contribution in [2.45, 2.75) is 13.5 Å². The molecule has 7 heteroatoms. The van der Waals surface area contributed by atoms with Gasteiger partial charge in [-0.05, 0) is 25.2 Å². The van der Waals surface area contributed by atoms with Crippen molar-refractivity contribution in [1.29, 1.82) is 0 Å². The van der Waals surface area contributed by atoms with Gasteiger partial charge in [-0.25, -0.2) is 0 Å². The lowest BCUT2D eigenvalue weighted by atomic mass is 10.4. The van der Waals surface area contributed by atoms with Crippen LogP contribution in [-0.2, 0) is 20.6 Å². The Morgan fingerprint density at radius 2 is 2.11 bits per heavy atom. The van der Waals surface area contributed by atoms with Gasteiger partial charge in [-0.15, -0.1) is 0 Å². The SMILES string of the molecule is Cc1c(NC(=S)NCc2ccnn2C)cnn1C. The Hall–Kier alpha value is -1.89. The molecule has 0 spiro atoms. The first-order valence-corrected chi connectivity index (χ1v) is 5.99. The fourth-order valence-electron chi connectivity index (χ4n) is 1.53. The van der Waals surface area contributed by atoms with Crippen molar-refractivity contribution < 1.29 is 0 Å². The van der Waals surface area contributed by atoms with Crippen LogP contribution in [0.25, 0.3) is 0 Å². The average molecular weight is 264 g/mol. The molecule has 6 nitrogen and oxygen atoms in total. The third-order valence-electron chi connectivity index (χ3n) is 2.84. The maximum absolute atomic E-state index is 5.23. The summed E-state index contributed by atoms with van der Waals surface area (Å²) in [7, 11) is 3.80. The van der Waals surface area contributed by atoms with Gasteiger partial charge in [-0.3, -0.25) is 9.36 Å². The summed E-state index contributed by atoms with van der Waals surface area (Å²) in [5, 5.41) is 15.1. The molecule has 18 heavy (non-hydrogen) atoms. The molecule has 0 saturated heterocycles. The first-order chi connectivity index (χ1) is 8.58. The van der Waals surface area contributed by atoms with Crippen molar-refractivity contribution >= 4 is 23.0 Å². The zero-order valence-electron chi connectivity index (χ0n) is 10.6. The van der Waals surface area contributed by atoms with E-state index in [1.165, 1.54) is 0 Å². The second-order valence-electron chi connectivity index (χ2n) is 4.02. The summed E-state index contributed by atoms with van der Waals surface area (Å²) in [5.41, 5.74) is 3.03. The van der Waals surface area contributed by atoms with Crippen LogP contribution in [0.3, 0.4) is 0 Å². The van der Waals surface area contributed by atoms with Crippen LogP contribution < -0.4 is 10.6 Å². The van der Waals surface area contributed by atoms with Crippen LogP contribution in [0.4, 0.5) is 5.69 Å². The third kappa shape index (κ3) is 2.67. The van der Waals surface area contributed by atoms with Gasteiger partial charge in [-0.1, -0.05) is 0 Å². The Balaban J connectivity index is 1.90. The van der Waals surface area contributed by atoms with E-state index in [0.717, 1.165) is 17.1 Å². The number of anilines is 1. The molecule has 2 aromatic rings. The van der Waals surface area contributed by atoms with Gasteiger partial charge in [0.1, 0.15) is 0 Å². The summed E-state index contributed by atoms with van der Waals surface area (Å²) >= 11 is 5.23. The van der Waals surface area contributed by atoms with Crippen molar-refractivity contribution in [3.05, 3.63) is 29.8 Å². The van der Waals surface area contributed by atoms with Gasteiger partial charge in [-0.2, -0.15) is 10.2 Å². The molecule has 0 aliphatic heterocycles. The molecule has 0 saturated carbocycles. The predicted octanol–water partition coefficient (Wildman–Crippen LogP) is 0.949. The first-order valence-electron chi connectivity index (χ1n) is 5.58. The van der Waals surface area contributed by atoms with Crippen molar-refractivity contribution in [3.8, 4) is 0 Å². The molecular weight excluding hydrogens is 248 g/mol. The molecule has 0 unspecified atom stereocenters. The highest BCUT2D eigenvalue weighted by molar-refractivity contribution is 7.80. The van der Waals surface area contributed by atoms with Crippen LogP contribution in [0.5, 0.6) is 0 Å². The Bertz CT molecular complexity index is 556. The molecule has 0 aliphatic rings. The number of rotatable bonds is 3. The number of aryl methyl sites for hydroxylation is 2. The molecule has 2 rings (SSSR count). The van der Waals surface area contributed by atoms with E-state index in [4.69, 9.17) is 12.2 Å². The van der Waals surface area contributed by atoms with E-state index in [-0.39, 0.29) is 0 Å². The lowest BCUT2D eigenvalue weighted by molar-refractivity contribution is 0.695. The van der Waals surface area contributed by atoms with E-state index in [1.807, 2.05) is 31.8 Å². The first kappa shape index (κ1) is 12.6. The van der Waals surface area contributed by atoms with E-state index in [0.29, 0.717) is 11.7 Å². The Morgan fingerprint density at radius 3 is 2.67 bits per heavy atom. The minimum Gasteiger partial charge on any atom is -0.357 e. The van der Waals surface area contributed by atoms with Crippen LogP contribution >= 0.6 is 12.2 Å². The molecule has 0 amide bonds.